The van der Waals surface area contributed by atoms with E-state index in [9.17, 15) is 26.7 Å². The van der Waals surface area contributed by atoms with E-state index >= 15 is 0 Å². The predicted molar refractivity (Wildman–Crippen MR) is 136 cm³/mol. The summed E-state index contributed by atoms with van der Waals surface area (Å²) in [5.74, 6) is -3.05. The minimum Gasteiger partial charge on any atom is -0.444 e. The van der Waals surface area contributed by atoms with E-state index in [0.29, 0.717) is 16.9 Å². The Kier molecular flexibility index (Phi) is 8.91. The van der Waals surface area contributed by atoms with Gasteiger partial charge in [0.15, 0.2) is 5.65 Å². The Hall–Kier alpha value is -2.58. The average molecular weight is 577 g/mol. The van der Waals surface area contributed by atoms with Gasteiger partial charge in [0.2, 0.25) is 5.92 Å². The molecule has 0 aromatic carbocycles. The monoisotopic (exact) mass is 576 g/mol. The predicted octanol–water partition coefficient (Wildman–Crippen LogP) is 4.82. The van der Waals surface area contributed by atoms with Crippen LogP contribution in [0.5, 0.6) is 0 Å². The minimum atomic E-state index is -4.55. The van der Waals surface area contributed by atoms with Crippen LogP contribution in [0.3, 0.4) is 0 Å². The number of rotatable bonds is 10. The number of nitrogens with zero attached hydrogens (tertiary/aromatic N) is 3. The number of fused-ring (bicyclic) bond motifs is 1. The largest absolute Gasteiger partial charge is 0.444 e. The quantitative estimate of drug-likeness (QED) is 0.348. The third kappa shape index (κ3) is 8.46. The molecule has 3 atom stereocenters. The van der Waals surface area contributed by atoms with Crippen molar-refractivity contribution < 1.29 is 36.2 Å². The van der Waals surface area contributed by atoms with E-state index < -0.39 is 48.5 Å². The number of nitrogens with two attached hydrogens (primary N) is 1. The standard InChI is InChI=1S/C26H37F5N6O3/c1-24(2,3)40-23(38)36-22(15-6-8-25(27,28)9-7-15)18-13-37-21(35-18)10-16(11-34-37)19(14-39-17-4-5-17)33-12-20(32)26(29,30)31/h10-11,13,15,17,19-20,22,33H,4-9,12,14,32H2,1-3H3,(H,36,38)/t19-,20+,22+/m1/s1. The molecule has 0 unspecified atom stereocenters. The van der Waals surface area contributed by atoms with Crippen molar-refractivity contribution >= 4 is 11.7 Å². The van der Waals surface area contributed by atoms with Crippen LogP contribution >= 0.6 is 0 Å². The molecular weight excluding hydrogens is 539 g/mol. The molecule has 2 aromatic heterocycles. The number of alkyl carbamates (subject to hydrolysis) is 1. The van der Waals surface area contributed by atoms with Crippen LogP contribution in [0.2, 0.25) is 0 Å². The summed E-state index contributed by atoms with van der Waals surface area (Å²) < 4.78 is 79.4. The molecular formula is C26H37F5N6O3. The first-order chi connectivity index (χ1) is 18.6. The Morgan fingerprint density at radius 2 is 1.88 bits per heavy atom. The molecule has 0 aliphatic heterocycles. The maximum atomic E-state index is 13.9. The summed E-state index contributed by atoms with van der Waals surface area (Å²) in [5.41, 5.74) is 5.87. The van der Waals surface area contributed by atoms with Crippen molar-refractivity contribution in [3.8, 4) is 0 Å². The van der Waals surface area contributed by atoms with Gasteiger partial charge >= 0.3 is 12.3 Å². The van der Waals surface area contributed by atoms with Crippen molar-refractivity contribution in [2.45, 2.75) is 101 Å². The molecule has 4 N–H and O–H groups in total. The van der Waals surface area contributed by atoms with Crippen LogP contribution in [0, 0.1) is 5.92 Å². The van der Waals surface area contributed by atoms with Crippen LogP contribution in [0.15, 0.2) is 18.5 Å². The SMILES string of the molecule is CC(C)(C)OC(=O)N[C@H](c1cn2ncc([C@@H](COC3CC3)NC[C@H](N)C(F)(F)F)cc2n1)C1CCC(F)(F)CC1. The van der Waals surface area contributed by atoms with Gasteiger partial charge < -0.3 is 25.8 Å². The number of ether oxygens (including phenoxy) is 2. The average Bonchev–Trinajstić information content (AvgIpc) is 3.57. The first kappa shape index (κ1) is 30.4. The first-order valence-corrected chi connectivity index (χ1v) is 13.5. The van der Waals surface area contributed by atoms with Gasteiger partial charge in [0.25, 0.3) is 0 Å². The van der Waals surface area contributed by atoms with Gasteiger partial charge in [-0.15, -0.1) is 0 Å². The molecule has 1 amide bonds. The number of halogens is 5. The smallest absolute Gasteiger partial charge is 0.408 e. The molecule has 0 saturated heterocycles. The van der Waals surface area contributed by atoms with Gasteiger partial charge in [0.1, 0.15) is 11.6 Å². The van der Waals surface area contributed by atoms with Gasteiger partial charge in [0, 0.05) is 19.4 Å². The van der Waals surface area contributed by atoms with Crippen molar-refractivity contribution in [1.29, 1.82) is 0 Å². The van der Waals surface area contributed by atoms with Crippen molar-refractivity contribution in [3.63, 3.8) is 0 Å². The summed E-state index contributed by atoms with van der Waals surface area (Å²) in [6.07, 6.45) is -0.477. The van der Waals surface area contributed by atoms with E-state index in [0.717, 1.165) is 12.8 Å². The molecule has 0 radical (unpaired) electrons. The molecule has 0 spiro atoms. The lowest BCUT2D eigenvalue weighted by Gasteiger charge is -2.33. The Morgan fingerprint density at radius 3 is 2.48 bits per heavy atom. The van der Waals surface area contributed by atoms with E-state index in [-0.39, 0.29) is 44.3 Å². The summed E-state index contributed by atoms with van der Waals surface area (Å²) in [7, 11) is 0. The lowest BCUT2D eigenvalue weighted by atomic mass is 9.81. The number of aromatic nitrogens is 3. The normalized spacial score (nSPS) is 20.7. The summed E-state index contributed by atoms with van der Waals surface area (Å²) >= 11 is 0. The van der Waals surface area contributed by atoms with Gasteiger partial charge in [-0.3, -0.25) is 0 Å². The molecule has 224 valence electrons. The number of carbonyl (C=O) groups is 1. The molecule has 2 fully saturated rings. The molecule has 2 saturated carbocycles. The highest BCUT2D eigenvalue weighted by molar-refractivity contribution is 5.68. The maximum absolute atomic E-state index is 13.9. The maximum Gasteiger partial charge on any atom is 0.408 e. The first-order valence-electron chi connectivity index (χ1n) is 13.5. The fourth-order valence-corrected chi connectivity index (χ4v) is 4.64. The zero-order chi connectivity index (χ0) is 29.3. The van der Waals surface area contributed by atoms with Crippen LogP contribution in [-0.4, -0.2) is 63.7 Å². The Morgan fingerprint density at radius 1 is 1.20 bits per heavy atom. The number of imidazole rings is 1. The second kappa shape index (κ2) is 11.7. The molecule has 40 heavy (non-hydrogen) atoms. The van der Waals surface area contributed by atoms with E-state index in [1.807, 2.05) is 0 Å². The summed E-state index contributed by atoms with van der Waals surface area (Å²) in [6, 6.07) is -1.70. The fourth-order valence-electron chi connectivity index (χ4n) is 4.64. The van der Waals surface area contributed by atoms with Gasteiger partial charge in [0.05, 0.1) is 42.9 Å². The summed E-state index contributed by atoms with van der Waals surface area (Å²) in [6.45, 7) is 4.77. The molecule has 14 heteroatoms. The molecule has 4 rings (SSSR count). The van der Waals surface area contributed by atoms with Gasteiger partial charge in [-0.05, 0) is 64.0 Å². The Labute approximate surface area is 229 Å². The topological polar surface area (TPSA) is 116 Å². The second-order valence-electron chi connectivity index (χ2n) is 11.7. The van der Waals surface area contributed by atoms with Gasteiger partial charge in [-0.2, -0.15) is 18.3 Å². The van der Waals surface area contributed by atoms with E-state index in [2.05, 4.69) is 20.7 Å². The van der Waals surface area contributed by atoms with Crippen molar-refractivity contribution in [2.24, 2.45) is 11.7 Å². The van der Waals surface area contributed by atoms with E-state index in [1.165, 1.54) is 10.7 Å². The molecule has 2 aliphatic rings. The number of amides is 1. The number of hydrogen-bond donors (Lipinski definition) is 3. The lowest BCUT2D eigenvalue weighted by Crippen LogP contribution is -2.46. The third-order valence-electron chi connectivity index (χ3n) is 7.01. The van der Waals surface area contributed by atoms with Crippen LogP contribution in [0.25, 0.3) is 5.65 Å². The number of alkyl halides is 5. The van der Waals surface area contributed by atoms with Crippen LogP contribution < -0.4 is 16.4 Å². The number of carbonyl (C=O) groups excluding carboxylic acids is 1. The Balaban J connectivity index is 1.57. The lowest BCUT2D eigenvalue weighted by molar-refractivity contribution is -0.147. The van der Waals surface area contributed by atoms with Crippen molar-refractivity contribution in [1.82, 2.24) is 25.2 Å². The van der Waals surface area contributed by atoms with Gasteiger partial charge in [-0.25, -0.2) is 23.1 Å². The zero-order valence-electron chi connectivity index (χ0n) is 22.8. The summed E-state index contributed by atoms with van der Waals surface area (Å²) in [5, 5.41) is 10.0. The van der Waals surface area contributed by atoms with Crippen LogP contribution in [0.4, 0.5) is 26.7 Å². The number of nitrogens with one attached hydrogen (secondary N) is 2. The zero-order valence-corrected chi connectivity index (χ0v) is 22.8. The molecule has 2 aromatic rings. The second-order valence-corrected chi connectivity index (χ2v) is 11.7. The fraction of sp³-hybridized carbons (Fsp3) is 0.731. The van der Waals surface area contributed by atoms with Gasteiger partial charge in [-0.1, -0.05) is 0 Å². The third-order valence-corrected chi connectivity index (χ3v) is 7.01. The molecule has 2 heterocycles. The van der Waals surface area contributed by atoms with Crippen molar-refractivity contribution in [3.05, 3.63) is 29.7 Å². The van der Waals surface area contributed by atoms with Crippen LogP contribution in [-0.2, 0) is 9.47 Å². The number of hydrogen-bond acceptors (Lipinski definition) is 7. The summed E-state index contributed by atoms with van der Waals surface area (Å²) in [4.78, 5) is 17.3. The highest BCUT2D eigenvalue weighted by Gasteiger charge is 2.40. The highest BCUT2D eigenvalue weighted by atomic mass is 19.4. The van der Waals surface area contributed by atoms with Crippen LogP contribution in [0.1, 0.15) is 82.6 Å². The highest BCUT2D eigenvalue weighted by Crippen LogP contribution is 2.41. The Bertz CT molecular complexity index is 1150. The van der Waals surface area contributed by atoms with Crippen molar-refractivity contribution in [2.75, 3.05) is 13.2 Å². The molecule has 2 aliphatic carbocycles. The van der Waals surface area contributed by atoms with E-state index in [4.69, 9.17) is 15.2 Å². The molecule has 9 nitrogen and oxygen atoms in total. The molecule has 0 bridgehead atoms. The van der Waals surface area contributed by atoms with E-state index in [1.54, 1.807) is 33.0 Å². The minimum absolute atomic E-state index is 0.0814.